The molecule has 0 radical (unpaired) electrons. The van der Waals surface area contributed by atoms with E-state index in [0.717, 1.165) is 0 Å². The number of phenols is 1. The van der Waals surface area contributed by atoms with Crippen LogP contribution >= 0.6 is 0 Å². The Bertz CT molecular complexity index is 444. The van der Waals surface area contributed by atoms with Gasteiger partial charge in [-0.05, 0) is 12.1 Å². The molecule has 0 fully saturated rings. The van der Waals surface area contributed by atoms with Gasteiger partial charge < -0.3 is 20.7 Å². The van der Waals surface area contributed by atoms with E-state index < -0.39 is 18.6 Å². The minimum absolute atomic E-state index is 0.0770. The Kier molecular flexibility index (Phi) is 4.19. The third-order valence-electron chi connectivity index (χ3n) is 2.31. The standard InChI is InChI=1S/C11H13NO5/c1-17-11(16)6-2-7(4-13)10(15)8(3-6)9(12)5-14/h2-4,9,14-15H,5,12H2,1H3/t9-/m0/s1. The van der Waals surface area contributed by atoms with Crippen LogP contribution in [-0.4, -0.2) is 36.2 Å². The van der Waals surface area contributed by atoms with E-state index in [1.54, 1.807) is 0 Å². The monoisotopic (exact) mass is 239 g/mol. The predicted octanol–water partition coefficient (Wildman–Crippen LogP) is -0.0166. The molecular formula is C11H13NO5. The van der Waals surface area contributed by atoms with Crippen molar-refractivity contribution in [2.45, 2.75) is 6.04 Å². The van der Waals surface area contributed by atoms with Crippen molar-refractivity contribution in [1.82, 2.24) is 0 Å². The van der Waals surface area contributed by atoms with Gasteiger partial charge in [0.2, 0.25) is 0 Å². The summed E-state index contributed by atoms with van der Waals surface area (Å²) < 4.78 is 4.50. The minimum Gasteiger partial charge on any atom is -0.507 e. The maximum Gasteiger partial charge on any atom is 0.337 e. The molecule has 0 aliphatic carbocycles. The Morgan fingerprint density at radius 1 is 1.59 bits per heavy atom. The van der Waals surface area contributed by atoms with Crippen molar-refractivity contribution in [3.8, 4) is 5.75 Å². The van der Waals surface area contributed by atoms with E-state index in [1.807, 2.05) is 0 Å². The molecule has 1 atom stereocenters. The van der Waals surface area contributed by atoms with Crippen molar-refractivity contribution in [1.29, 1.82) is 0 Å². The SMILES string of the molecule is COC(=O)c1cc(C=O)c(O)c([C@@H](N)CO)c1. The number of rotatable bonds is 4. The van der Waals surface area contributed by atoms with Crippen molar-refractivity contribution in [2.75, 3.05) is 13.7 Å². The van der Waals surface area contributed by atoms with Crippen LogP contribution in [0.15, 0.2) is 12.1 Å². The Morgan fingerprint density at radius 2 is 2.24 bits per heavy atom. The van der Waals surface area contributed by atoms with Crippen LogP contribution < -0.4 is 5.73 Å². The summed E-state index contributed by atoms with van der Waals surface area (Å²) in [6.45, 7) is -0.420. The van der Waals surface area contributed by atoms with Gasteiger partial charge in [-0.25, -0.2) is 4.79 Å². The molecule has 0 aliphatic heterocycles. The zero-order valence-electron chi connectivity index (χ0n) is 9.21. The summed E-state index contributed by atoms with van der Waals surface area (Å²) in [5.74, 6) is -0.992. The number of esters is 1. The van der Waals surface area contributed by atoms with E-state index in [-0.39, 0.29) is 22.4 Å². The summed E-state index contributed by atoms with van der Waals surface area (Å²) in [4.78, 5) is 22.1. The molecule has 0 saturated carbocycles. The number of hydrogen-bond donors (Lipinski definition) is 3. The molecule has 0 spiro atoms. The largest absolute Gasteiger partial charge is 0.507 e. The molecule has 6 nitrogen and oxygen atoms in total. The number of aromatic hydroxyl groups is 1. The van der Waals surface area contributed by atoms with Crippen LogP contribution in [0.2, 0.25) is 0 Å². The van der Waals surface area contributed by atoms with Crippen molar-refractivity contribution < 1.29 is 24.5 Å². The molecule has 1 rings (SSSR count). The minimum atomic E-state index is -0.877. The quantitative estimate of drug-likeness (QED) is 0.503. The second-order valence-corrected chi connectivity index (χ2v) is 3.40. The summed E-state index contributed by atoms with van der Waals surface area (Å²) in [5.41, 5.74) is 5.69. The van der Waals surface area contributed by atoms with E-state index >= 15 is 0 Å². The van der Waals surface area contributed by atoms with Gasteiger partial charge in [0, 0.05) is 5.56 Å². The fourth-order valence-electron chi connectivity index (χ4n) is 1.39. The van der Waals surface area contributed by atoms with E-state index in [2.05, 4.69) is 4.74 Å². The number of aliphatic hydroxyl groups is 1. The van der Waals surface area contributed by atoms with Crippen molar-refractivity contribution in [3.05, 3.63) is 28.8 Å². The van der Waals surface area contributed by atoms with Gasteiger partial charge in [0.25, 0.3) is 0 Å². The number of carbonyl (C=O) groups excluding carboxylic acids is 2. The third-order valence-corrected chi connectivity index (χ3v) is 2.31. The summed E-state index contributed by atoms with van der Waals surface area (Å²) in [5, 5.41) is 18.6. The van der Waals surface area contributed by atoms with E-state index in [1.165, 1.54) is 19.2 Å². The van der Waals surface area contributed by atoms with Gasteiger partial charge >= 0.3 is 5.97 Å². The number of methoxy groups -OCH3 is 1. The summed E-state index contributed by atoms with van der Waals surface area (Å²) >= 11 is 0. The first-order valence-electron chi connectivity index (χ1n) is 4.82. The fourth-order valence-corrected chi connectivity index (χ4v) is 1.39. The van der Waals surface area contributed by atoms with Gasteiger partial charge in [0.1, 0.15) is 5.75 Å². The van der Waals surface area contributed by atoms with Gasteiger partial charge in [-0.1, -0.05) is 0 Å². The smallest absolute Gasteiger partial charge is 0.337 e. The topological polar surface area (TPSA) is 110 Å². The number of benzene rings is 1. The Labute approximate surface area is 97.6 Å². The lowest BCUT2D eigenvalue weighted by molar-refractivity contribution is 0.0600. The molecule has 0 saturated heterocycles. The number of aliphatic hydroxyl groups excluding tert-OH is 1. The molecule has 17 heavy (non-hydrogen) atoms. The van der Waals surface area contributed by atoms with Crippen LogP contribution in [0.5, 0.6) is 5.75 Å². The average molecular weight is 239 g/mol. The van der Waals surface area contributed by atoms with Gasteiger partial charge in [0.15, 0.2) is 6.29 Å². The number of nitrogens with two attached hydrogens (primary N) is 1. The zero-order chi connectivity index (χ0) is 13.0. The number of hydrogen-bond acceptors (Lipinski definition) is 6. The average Bonchev–Trinajstić information content (AvgIpc) is 2.37. The lowest BCUT2D eigenvalue weighted by Crippen LogP contribution is -2.16. The summed E-state index contributed by atoms with van der Waals surface area (Å²) in [7, 11) is 1.20. The van der Waals surface area contributed by atoms with Crippen LogP contribution in [-0.2, 0) is 4.74 Å². The molecule has 0 heterocycles. The molecule has 0 aliphatic rings. The lowest BCUT2D eigenvalue weighted by Gasteiger charge is -2.13. The van der Waals surface area contributed by atoms with Crippen molar-refractivity contribution in [2.24, 2.45) is 5.73 Å². The number of aldehydes is 1. The molecule has 0 unspecified atom stereocenters. The molecule has 0 amide bonds. The second kappa shape index (κ2) is 5.42. The molecule has 1 aromatic carbocycles. The van der Waals surface area contributed by atoms with Crippen LogP contribution in [0.25, 0.3) is 0 Å². The maximum atomic E-state index is 11.3. The maximum absolute atomic E-state index is 11.3. The number of carbonyl (C=O) groups is 2. The number of phenolic OH excluding ortho intramolecular Hbond substituents is 1. The molecule has 4 N–H and O–H groups in total. The molecular weight excluding hydrogens is 226 g/mol. The first-order chi connectivity index (χ1) is 8.04. The zero-order valence-corrected chi connectivity index (χ0v) is 9.21. The highest BCUT2D eigenvalue weighted by atomic mass is 16.5. The Morgan fingerprint density at radius 3 is 2.71 bits per heavy atom. The summed E-state index contributed by atoms with van der Waals surface area (Å²) in [6, 6.07) is 1.61. The first kappa shape index (κ1) is 13.1. The molecule has 92 valence electrons. The van der Waals surface area contributed by atoms with Gasteiger partial charge in [-0.3, -0.25) is 4.79 Å². The van der Waals surface area contributed by atoms with Crippen molar-refractivity contribution >= 4 is 12.3 Å². The highest BCUT2D eigenvalue weighted by molar-refractivity contribution is 5.93. The first-order valence-corrected chi connectivity index (χ1v) is 4.82. The van der Waals surface area contributed by atoms with Crippen LogP contribution in [0.3, 0.4) is 0 Å². The molecule has 0 bridgehead atoms. The third kappa shape index (κ3) is 2.61. The van der Waals surface area contributed by atoms with Gasteiger partial charge in [-0.2, -0.15) is 0 Å². The van der Waals surface area contributed by atoms with Crippen LogP contribution in [0.4, 0.5) is 0 Å². The van der Waals surface area contributed by atoms with E-state index in [4.69, 9.17) is 10.8 Å². The molecule has 6 heteroatoms. The lowest BCUT2D eigenvalue weighted by atomic mass is 10.00. The number of ether oxygens (including phenoxy) is 1. The second-order valence-electron chi connectivity index (χ2n) is 3.40. The highest BCUT2D eigenvalue weighted by Gasteiger charge is 2.18. The Balaban J connectivity index is 3.38. The highest BCUT2D eigenvalue weighted by Crippen LogP contribution is 2.28. The Hall–Kier alpha value is -1.92. The molecule has 1 aromatic rings. The predicted molar refractivity (Wildman–Crippen MR) is 58.8 cm³/mol. The van der Waals surface area contributed by atoms with E-state index in [9.17, 15) is 14.7 Å². The van der Waals surface area contributed by atoms with Crippen LogP contribution in [0.1, 0.15) is 32.3 Å². The normalized spacial score (nSPS) is 11.9. The summed E-state index contributed by atoms with van der Waals surface area (Å²) in [6.07, 6.45) is 0.398. The van der Waals surface area contributed by atoms with Gasteiger partial charge in [-0.15, -0.1) is 0 Å². The van der Waals surface area contributed by atoms with E-state index in [0.29, 0.717) is 6.29 Å². The fraction of sp³-hybridized carbons (Fsp3) is 0.273. The van der Waals surface area contributed by atoms with Crippen LogP contribution in [0, 0.1) is 0 Å². The van der Waals surface area contributed by atoms with Crippen molar-refractivity contribution in [3.63, 3.8) is 0 Å². The van der Waals surface area contributed by atoms with Gasteiger partial charge in [0.05, 0.1) is 30.9 Å². The molecule has 0 aromatic heterocycles.